The number of morpholine rings is 1. The van der Waals surface area contributed by atoms with E-state index in [1.54, 1.807) is 29.3 Å². The zero-order valence-corrected chi connectivity index (χ0v) is 13.2. The highest BCUT2D eigenvalue weighted by molar-refractivity contribution is 5.95. The zero-order valence-electron chi connectivity index (χ0n) is 13.2. The van der Waals surface area contributed by atoms with Gasteiger partial charge in [-0.05, 0) is 25.0 Å². The molecule has 0 bridgehead atoms. The highest BCUT2D eigenvalue weighted by Crippen LogP contribution is 2.29. The minimum Gasteiger partial charge on any atom is -0.487 e. The van der Waals surface area contributed by atoms with Gasteiger partial charge in [0.1, 0.15) is 12.2 Å². The lowest BCUT2D eigenvalue weighted by atomic mass is 9.94. The molecule has 1 aromatic rings. The van der Waals surface area contributed by atoms with E-state index in [1.165, 1.54) is 0 Å². The lowest BCUT2D eigenvalue weighted by Gasteiger charge is -2.44. The summed E-state index contributed by atoms with van der Waals surface area (Å²) >= 11 is 0. The van der Waals surface area contributed by atoms with Crippen molar-refractivity contribution in [1.29, 1.82) is 0 Å². The van der Waals surface area contributed by atoms with Gasteiger partial charge in [0.2, 0.25) is 0 Å². The number of aromatic nitrogens is 1. The number of carbonyl (C=O) groups excluding carboxylic acids is 1. The predicted molar refractivity (Wildman–Crippen MR) is 84.6 cm³/mol. The van der Waals surface area contributed by atoms with Crippen molar-refractivity contribution >= 4 is 5.91 Å². The van der Waals surface area contributed by atoms with Crippen LogP contribution in [0.2, 0.25) is 0 Å². The summed E-state index contributed by atoms with van der Waals surface area (Å²) in [6.45, 7) is 6.87. The number of hydrogen-bond acceptors (Lipinski definition) is 5. The topological polar surface area (TPSA) is 60.9 Å². The molecule has 3 rings (SSSR count). The lowest BCUT2D eigenvalue weighted by Crippen LogP contribution is -2.57. The predicted octanol–water partition coefficient (Wildman–Crippen LogP) is 1.67. The molecule has 0 aliphatic carbocycles. The van der Waals surface area contributed by atoms with Crippen molar-refractivity contribution in [2.75, 3.05) is 39.5 Å². The molecular weight excluding hydrogens is 296 g/mol. The Morgan fingerprint density at radius 1 is 1.52 bits per heavy atom. The van der Waals surface area contributed by atoms with E-state index < -0.39 is 0 Å². The lowest BCUT2D eigenvalue weighted by molar-refractivity contribution is -0.160. The van der Waals surface area contributed by atoms with E-state index in [1.807, 2.05) is 0 Å². The van der Waals surface area contributed by atoms with Crippen LogP contribution in [-0.4, -0.2) is 60.9 Å². The molecular formula is C17H22N2O4. The van der Waals surface area contributed by atoms with Crippen molar-refractivity contribution in [3.05, 3.63) is 36.7 Å². The van der Waals surface area contributed by atoms with Crippen LogP contribution >= 0.6 is 0 Å². The third kappa shape index (κ3) is 3.54. The smallest absolute Gasteiger partial charge is 0.276 e. The Hall–Kier alpha value is -1.92. The van der Waals surface area contributed by atoms with E-state index in [0.717, 1.165) is 19.4 Å². The van der Waals surface area contributed by atoms with Crippen LogP contribution in [0, 0.1) is 0 Å². The molecule has 1 spiro atoms. The van der Waals surface area contributed by atoms with Gasteiger partial charge in [-0.15, -0.1) is 0 Å². The maximum atomic E-state index is 12.9. The molecule has 23 heavy (non-hydrogen) atoms. The molecule has 6 heteroatoms. The van der Waals surface area contributed by atoms with Gasteiger partial charge in [-0.25, -0.2) is 4.98 Å². The van der Waals surface area contributed by atoms with Crippen LogP contribution in [-0.2, 0) is 9.47 Å². The molecule has 124 valence electrons. The van der Waals surface area contributed by atoms with E-state index >= 15 is 0 Å². The van der Waals surface area contributed by atoms with E-state index in [9.17, 15) is 4.79 Å². The maximum absolute atomic E-state index is 12.9. The summed E-state index contributed by atoms with van der Waals surface area (Å²) in [7, 11) is 0. The van der Waals surface area contributed by atoms with Crippen LogP contribution < -0.4 is 4.74 Å². The first-order chi connectivity index (χ1) is 11.2. The van der Waals surface area contributed by atoms with Crippen molar-refractivity contribution in [3.63, 3.8) is 0 Å². The van der Waals surface area contributed by atoms with Gasteiger partial charge in [-0.2, -0.15) is 0 Å². The Morgan fingerprint density at radius 2 is 2.43 bits per heavy atom. The summed E-state index contributed by atoms with van der Waals surface area (Å²) < 4.78 is 17.0. The standard InChI is InChI=1S/C17H22N2O4/c1-2-9-22-14-5-3-7-18-15(14)16(20)19-8-11-23-17(12-19)6-4-10-21-13-17/h2-3,5,7H,1,4,6,8-13H2. The fraction of sp³-hybridized carbons (Fsp3) is 0.529. The second-order valence-electron chi connectivity index (χ2n) is 5.86. The summed E-state index contributed by atoms with van der Waals surface area (Å²) in [5.41, 5.74) is -0.0357. The van der Waals surface area contributed by atoms with Crippen molar-refractivity contribution < 1.29 is 19.0 Å². The molecule has 1 aromatic heterocycles. The Morgan fingerprint density at radius 3 is 3.22 bits per heavy atom. The van der Waals surface area contributed by atoms with Gasteiger partial charge in [0.05, 0.1) is 19.8 Å². The normalized spacial score (nSPS) is 24.4. The first kappa shape index (κ1) is 16.0. The van der Waals surface area contributed by atoms with Crippen LogP contribution in [0.25, 0.3) is 0 Å². The zero-order chi connectivity index (χ0) is 16.1. The molecule has 1 atom stereocenters. The van der Waals surface area contributed by atoms with Crippen molar-refractivity contribution in [2.45, 2.75) is 18.4 Å². The summed E-state index contributed by atoms with van der Waals surface area (Å²) in [5, 5.41) is 0. The van der Waals surface area contributed by atoms with Crippen LogP contribution in [0.3, 0.4) is 0 Å². The number of hydrogen-bond donors (Lipinski definition) is 0. The van der Waals surface area contributed by atoms with Crippen LogP contribution in [0.15, 0.2) is 31.0 Å². The molecule has 2 fully saturated rings. The van der Waals surface area contributed by atoms with Gasteiger partial charge in [-0.1, -0.05) is 12.7 Å². The van der Waals surface area contributed by atoms with E-state index in [4.69, 9.17) is 14.2 Å². The van der Waals surface area contributed by atoms with Crippen molar-refractivity contribution in [3.8, 4) is 5.75 Å². The second kappa shape index (κ2) is 7.10. The summed E-state index contributed by atoms with van der Waals surface area (Å²) in [5.74, 6) is 0.357. The minimum absolute atomic E-state index is 0.127. The van der Waals surface area contributed by atoms with Crippen molar-refractivity contribution in [2.24, 2.45) is 0 Å². The number of ether oxygens (including phenoxy) is 3. The molecule has 0 aromatic carbocycles. The average Bonchev–Trinajstić information content (AvgIpc) is 2.60. The molecule has 3 heterocycles. The molecule has 0 saturated carbocycles. The van der Waals surface area contributed by atoms with Gasteiger partial charge in [0.15, 0.2) is 11.4 Å². The van der Waals surface area contributed by atoms with Gasteiger partial charge in [0.25, 0.3) is 5.91 Å². The largest absolute Gasteiger partial charge is 0.487 e. The molecule has 0 N–H and O–H groups in total. The number of carbonyl (C=O) groups is 1. The SMILES string of the molecule is C=CCOc1cccnc1C(=O)N1CCOC2(CCCOC2)C1. The Bertz CT molecular complexity index is 564. The van der Waals surface area contributed by atoms with Gasteiger partial charge in [-0.3, -0.25) is 4.79 Å². The monoisotopic (exact) mass is 318 g/mol. The molecule has 2 aliphatic rings. The third-order valence-electron chi connectivity index (χ3n) is 4.15. The molecule has 6 nitrogen and oxygen atoms in total. The van der Waals surface area contributed by atoms with Crippen LogP contribution in [0.5, 0.6) is 5.75 Å². The number of nitrogens with zero attached hydrogens (tertiary/aromatic N) is 2. The highest BCUT2D eigenvalue weighted by Gasteiger charge is 2.40. The molecule has 2 aliphatic heterocycles. The van der Waals surface area contributed by atoms with Crippen LogP contribution in [0.1, 0.15) is 23.3 Å². The maximum Gasteiger partial charge on any atom is 0.276 e. The van der Waals surface area contributed by atoms with E-state index in [-0.39, 0.29) is 11.5 Å². The Balaban J connectivity index is 1.76. The fourth-order valence-corrected chi connectivity index (χ4v) is 3.05. The number of amides is 1. The number of pyridine rings is 1. The average molecular weight is 318 g/mol. The first-order valence-corrected chi connectivity index (χ1v) is 7.94. The van der Waals surface area contributed by atoms with E-state index in [2.05, 4.69) is 11.6 Å². The second-order valence-corrected chi connectivity index (χ2v) is 5.86. The molecule has 0 radical (unpaired) electrons. The Labute approximate surface area is 136 Å². The van der Waals surface area contributed by atoms with Gasteiger partial charge < -0.3 is 19.1 Å². The molecule has 2 saturated heterocycles. The van der Waals surface area contributed by atoms with Gasteiger partial charge in [0, 0.05) is 19.3 Å². The summed E-state index contributed by atoms with van der Waals surface area (Å²) in [6, 6.07) is 3.51. The first-order valence-electron chi connectivity index (χ1n) is 7.94. The van der Waals surface area contributed by atoms with Crippen molar-refractivity contribution in [1.82, 2.24) is 9.88 Å². The van der Waals surface area contributed by atoms with Crippen LogP contribution in [0.4, 0.5) is 0 Å². The summed E-state index contributed by atoms with van der Waals surface area (Å²) in [6.07, 6.45) is 5.12. The summed E-state index contributed by atoms with van der Waals surface area (Å²) in [4.78, 5) is 18.9. The fourth-order valence-electron chi connectivity index (χ4n) is 3.05. The quantitative estimate of drug-likeness (QED) is 0.790. The Kier molecular flexibility index (Phi) is 4.93. The molecule has 1 unspecified atom stereocenters. The highest BCUT2D eigenvalue weighted by atomic mass is 16.5. The van der Waals surface area contributed by atoms with E-state index in [0.29, 0.717) is 44.4 Å². The third-order valence-corrected chi connectivity index (χ3v) is 4.15. The number of rotatable bonds is 4. The minimum atomic E-state index is -0.372. The van der Waals surface area contributed by atoms with Gasteiger partial charge >= 0.3 is 0 Å². The molecule has 1 amide bonds.